The summed E-state index contributed by atoms with van der Waals surface area (Å²) in [6.07, 6.45) is 0.0807. The topological polar surface area (TPSA) is 81.4 Å². The maximum absolute atomic E-state index is 12.1. The van der Waals surface area contributed by atoms with E-state index in [-0.39, 0.29) is 24.1 Å². The number of ether oxygens (including phenoxy) is 1. The molecule has 0 aromatic heterocycles. The van der Waals surface area contributed by atoms with Gasteiger partial charge in [0.05, 0.1) is 24.2 Å². The molecule has 0 amide bonds. The van der Waals surface area contributed by atoms with E-state index in [0.717, 1.165) is 11.1 Å². The zero-order valence-electron chi connectivity index (χ0n) is 12.6. The van der Waals surface area contributed by atoms with E-state index in [4.69, 9.17) is 10.5 Å². The van der Waals surface area contributed by atoms with Crippen molar-refractivity contribution in [2.45, 2.75) is 31.8 Å². The van der Waals surface area contributed by atoms with E-state index in [0.29, 0.717) is 6.61 Å². The number of hydrogen-bond acceptors (Lipinski definition) is 4. The number of nitrogens with two attached hydrogens (primary N) is 1. The zero-order chi connectivity index (χ0) is 15.9. The molecule has 0 aliphatic rings. The highest BCUT2D eigenvalue weighted by Gasteiger charge is 2.14. The lowest BCUT2D eigenvalue weighted by atomic mass is 10.1. The average molecular weight is 310 g/mol. The molecule has 1 aromatic rings. The Labute approximate surface area is 126 Å². The Bertz CT molecular complexity index is 628. The number of hydrogen-bond donors (Lipinski definition) is 2. The summed E-state index contributed by atoms with van der Waals surface area (Å²) < 4.78 is 32.1. The fraction of sp³-hybridized carbons (Fsp3) is 0.467. The Morgan fingerprint density at radius 3 is 2.67 bits per heavy atom. The summed E-state index contributed by atoms with van der Waals surface area (Å²) in [5, 5.41) is 0. The molecule has 3 N–H and O–H groups in total. The van der Waals surface area contributed by atoms with Crippen LogP contribution < -0.4 is 10.5 Å². The van der Waals surface area contributed by atoms with Crippen LogP contribution in [0.15, 0.2) is 23.1 Å². The van der Waals surface area contributed by atoms with Gasteiger partial charge in [-0.3, -0.25) is 0 Å². The molecule has 0 atom stereocenters. The minimum Gasteiger partial charge on any atom is -0.377 e. The molecule has 5 nitrogen and oxygen atoms in total. The standard InChI is InChI=1S/C15H22N2O3S/c1-12(2)20-10-9-17-21(18,19)15-7-6-14(5-4-8-16)13(3)11-15/h6-7,11-12,17H,8-10,16H2,1-3H3. The summed E-state index contributed by atoms with van der Waals surface area (Å²) in [7, 11) is -3.52. The van der Waals surface area contributed by atoms with Crippen molar-refractivity contribution in [3.05, 3.63) is 29.3 Å². The lowest BCUT2D eigenvalue weighted by Gasteiger charge is -2.10. The summed E-state index contributed by atoms with van der Waals surface area (Å²) in [5.74, 6) is 5.66. The Morgan fingerprint density at radius 1 is 1.38 bits per heavy atom. The van der Waals surface area contributed by atoms with Gasteiger partial charge in [-0.15, -0.1) is 0 Å². The first-order valence-corrected chi connectivity index (χ1v) is 8.26. The van der Waals surface area contributed by atoms with E-state index in [1.807, 2.05) is 20.8 Å². The third-order valence-electron chi connectivity index (χ3n) is 2.68. The van der Waals surface area contributed by atoms with Gasteiger partial charge < -0.3 is 10.5 Å². The van der Waals surface area contributed by atoms with Crippen LogP contribution in [0.4, 0.5) is 0 Å². The average Bonchev–Trinajstić information content (AvgIpc) is 2.42. The lowest BCUT2D eigenvalue weighted by Crippen LogP contribution is -2.28. The van der Waals surface area contributed by atoms with Crippen LogP contribution in [-0.4, -0.2) is 34.2 Å². The number of rotatable bonds is 6. The van der Waals surface area contributed by atoms with E-state index >= 15 is 0 Å². The molecule has 1 aromatic carbocycles. The second kappa shape index (κ2) is 8.15. The Hall–Kier alpha value is -1.39. The molecule has 0 saturated heterocycles. The molecular weight excluding hydrogens is 288 g/mol. The normalized spacial score (nSPS) is 11.3. The van der Waals surface area contributed by atoms with Gasteiger partial charge in [-0.25, -0.2) is 13.1 Å². The first-order chi connectivity index (χ1) is 9.86. The predicted octanol–water partition coefficient (Wildman–Crippen LogP) is 1.01. The molecule has 0 spiro atoms. The summed E-state index contributed by atoms with van der Waals surface area (Å²) in [6, 6.07) is 4.84. The van der Waals surface area contributed by atoms with E-state index in [2.05, 4.69) is 16.6 Å². The second-order valence-corrected chi connectivity index (χ2v) is 6.57. The number of nitrogens with one attached hydrogen (secondary N) is 1. The largest absolute Gasteiger partial charge is 0.377 e. The van der Waals surface area contributed by atoms with Gasteiger partial charge in [0.25, 0.3) is 0 Å². The van der Waals surface area contributed by atoms with E-state index in [1.165, 1.54) is 0 Å². The maximum atomic E-state index is 12.1. The second-order valence-electron chi connectivity index (χ2n) is 4.80. The molecule has 0 aliphatic carbocycles. The van der Waals surface area contributed by atoms with Crippen molar-refractivity contribution in [3.8, 4) is 11.8 Å². The van der Waals surface area contributed by atoms with Crippen molar-refractivity contribution in [1.29, 1.82) is 0 Å². The fourth-order valence-electron chi connectivity index (χ4n) is 1.64. The minimum absolute atomic E-state index is 0.0807. The van der Waals surface area contributed by atoms with Crippen molar-refractivity contribution in [2.24, 2.45) is 5.73 Å². The maximum Gasteiger partial charge on any atom is 0.240 e. The van der Waals surface area contributed by atoms with Crippen molar-refractivity contribution >= 4 is 10.0 Å². The van der Waals surface area contributed by atoms with Crippen molar-refractivity contribution < 1.29 is 13.2 Å². The number of sulfonamides is 1. The van der Waals surface area contributed by atoms with Crippen molar-refractivity contribution in [3.63, 3.8) is 0 Å². The molecule has 116 valence electrons. The Morgan fingerprint density at radius 2 is 2.10 bits per heavy atom. The van der Waals surface area contributed by atoms with Gasteiger partial charge in [0.1, 0.15) is 0 Å². The van der Waals surface area contributed by atoms with Gasteiger partial charge in [-0.05, 0) is 44.5 Å². The van der Waals surface area contributed by atoms with Gasteiger partial charge >= 0.3 is 0 Å². The zero-order valence-corrected chi connectivity index (χ0v) is 13.5. The molecule has 1 rings (SSSR count). The smallest absolute Gasteiger partial charge is 0.240 e. The van der Waals surface area contributed by atoms with Crippen molar-refractivity contribution in [2.75, 3.05) is 19.7 Å². The van der Waals surface area contributed by atoms with Gasteiger partial charge in [0, 0.05) is 12.1 Å². The number of benzene rings is 1. The van der Waals surface area contributed by atoms with Gasteiger partial charge in [0.15, 0.2) is 0 Å². The highest BCUT2D eigenvalue weighted by Crippen LogP contribution is 2.14. The molecule has 0 unspecified atom stereocenters. The van der Waals surface area contributed by atoms with E-state index in [9.17, 15) is 8.42 Å². The van der Waals surface area contributed by atoms with Crippen LogP contribution in [0.3, 0.4) is 0 Å². The highest BCUT2D eigenvalue weighted by molar-refractivity contribution is 7.89. The van der Waals surface area contributed by atoms with Crippen LogP contribution in [0.1, 0.15) is 25.0 Å². The van der Waals surface area contributed by atoms with Crippen LogP contribution in [0.2, 0.25) is 0 Å². The molecular formula is C15H22N2O3S. The van der Waals surface area contributed by atoms with Gasteiger partial charge in [-0.2, -0.15) is 0 Å². The van der Waals surface area contributed by atoms with E-state index < -0.39 is 10.0 Å². The SMILES string of the molecule is Cc1cc(S(=O)(=O)NCCOC(C)C)ccc1C#CCN. The molecule has 21 heavy (non-hydrogen) atoms. The molecule has 0 heterocycles. The molecule has 0 saturated carbocycles. The molecule has 0 aliphatic heterocycles. The van der Waals surface area contributed by atoms with Gasteiger partial charge in [0.2, 0.25) is 10.0 Å². The van der Waals surface area contributed by atoms with Crippen LogP contribution in [-0.2, 0) is 14.8 Å². The summed E-state index contributed by atoms with van der Waals surface area (Å²) in [6.45, 7) is 6.49. The Balaban J connectivity index is 2.77. The third kappa shape index (κ3) is 5.86. The molecule has 0 radical (unpaired) electrons. The minimum atomic E-state index is -3.52. The number of aryl methyl sites for hydroxylation is 1. The summed E-state index contributed by atoms with van der Waals surface area (Å²) in [4.78, 5) is 0.225. The van der Waals surface area contributed by atoms with Crippen LogP contribution in [0.25, 0.3) is 0 Å². The fourth-order valence-corrected chi connectivity index (χ4v) is 2.74. The highest BCUT2D eigenvalue weighted by atomic mass is 32.2. The molecule has 0 bridgehead atoms. The van der Waals surface area contributed by atoms with E-state index in [1.54, 1.807) is 18.2 Å². The predicted molar refractivity (Wildman–Crippen MR) is 83.4 cm³/mol. The summed E-state index contributed by atoms with van der Waals surface area (Å²) in [5.41, 5.74) is 6.91. The van der Waals surface area contributed by atoms with Crippen LogP contribution >= 0.6 is 0 Å². The first kappa shape index (κ1) is 17.7. The van der Waals surface area contributed by atoms with Gasteiger partial charge in [-0.1, -0.05) is 11.8 Å². The Kier molecular flexibility index (Phi) is 6.85. The third-order valence-corrected chi connectivity index (χ3v) is 4.14. The van der Waals surface area contributed by atoms with Crippen LogP contribution in [0, 0.1) is 18.8 Å². The quantitative estimate of drug-likeness (QED) is 0.607. The monoisotopic (exact) mass is 310 g/mol. The van der Waals surface area contributed by atoms with Crippen LogP contribution in [0.5, 0.6) is 0 Å². The lowest BCUT2D eigenvalue weighted by molar-refractivity contribution is 0.0834. The van der Waals surface area contributed by atoms with Crippen molar-refractivity contribution in [1.82, 2.24) is 4.72 Å². The molecule has 6 heteroatoms. The first-order valence-electron chi connectivity index (χ1n) is 6.77. The molecule has 0 fully saturated rings. The summed E-state index contributed by atoms with van der Waals surface area (Å²) >= 11 is 0.